The summed E-state index contributed by atoms with van der Waals surface area (Å²) >= 11 is 0. The van der Waals surface area contributed by atoms with Crippen molar-refractivity contribution >= 4 is 25.8 Å². The van der Waals surface area contributed by atoms with E-state index < -0.39 is 9.05 Å². The van der Waals surface area contributed by atoms with E-state index in [-0.39, 0.29) is 4.91 Å². The van der Waals surface area contributed by atoms with Crippen LogP contribution in [0.4, 0.5) is 0 Å². The van der Waals surface area contributed by atoms with Crippen LogP contribution in [0.25, 0.3) is 6.08 Å². The zero-order valence-electron chi connectivity index (χ0n) is 7.99. The first-order valence-electron chi connectivity index (χ1n) is 4.09. The summed E-state index contributed by atoms with van der Waals surface area (Å²) in [5.74, 6) is 0. The molecule has 1 rings (SSSR count). The van der Waals surface area contributed by atoms with Crippen LogP contribution in [0.2, 0.25) is 0 Å². The fraction of sp³-hybridized carbons (Fsp3) is 0.200. The van der Waals surface area contributed by atoms with Crippen LogP contribution in [0, 0.1) is 6.92 Å². The maximum Gasteiger partial charge on any atom is 0.257 e. The molecule has 0 spiro atoms. The molecule has 0 unspecified atom stereocenters. The highest BCUT2D eigenvalue weighted by Crippen LogP contribution is 2.15. The zero-order valence-corrected chi connectivity index (χ0v) is 9.56. The highest BCUT2D eigenvalue weighted by atomic mass is 35.7. The maximum atomic E-state index is 10.9. The fourth-order valence-electron chi connectivity index (χ4n) is 0.968. The Hall–Kier alpha value is -0.800. The smallest absolute Gasteiger partial charge is 0.207 e. The topological polar surface area (TPSA) is 34.1 Å². The second-order valence-electron chi connectivity index (χ2n) is 3.10. The van der Waals surface area contributed by atoms with E-state index in [4.69, 9.17) is 10.7 Å². The van der Waals surface area contributed by atoms with Crippen LogP contribution >= 0.6 is 10.7 Å². The molecule has 14 heavy (non-hydrogen) atoms. The van der Waals surface area contributed by atoms with Gasteiger partial charge in [-0.25, -0.2) is 8.42 Å². The Morgan fingerprint density at radius 2 is 1.79 bits per heavy atom. The van der Waals surface area contributed by atoms with Crippen LogP contribution in [0.15, 0.2) is 29.2 Å². The molecule has 0 fully saturated rings. The highest BCUT2D eigenvalue weighted by Gasteiger charge is 2.07. The summed E-state index contributed by atoms with van der Waals surface area (Å²) < 4.78 is 21.8. The lowest BCUT2D eigenvalue weighted by Crippen LogP contribution is -1.89. The maximum absolute atomic E-state index is 10.9. The van der Waals surface area contributed by atoms with Crippen LogP contribution in [-0.2, 0) is 9.05 Å². The Morgan fingerprint density at radius 3 is 2.21 bits per heavy atom. The average molecular weight is 231 g/mol. The van der Waals surface area contributed by atoms with E-state index >= 15 is 0 Å². The number of aryl methyl sites for hydroxylation is 1. The molecule has 0 aliphatic rings. The minimum atomic E-state index is -3.58. The van der Waals surface area contributed by atoms with Crippen LogP contribution in [-0.4, -0.2) is 8.42 Å². The lowest BCUT2D eigenvalue weighted by atomic mass is 10.1. The number of benzene rings is 1. The third-order valence-electron chi connectivity index (χ3n) is 1.83. The van der Waals surface area contributed by atoms with Crippen molar-refractivity contribution in [2.45, 2.75) is 13.8 Å². The van der Waals surface area contributed by atoms with E-state index in [0.717, 1.165) is 11.1 Å². The van der Waals surface area contributed by atoms with Crippen molar-refractivity contribution in [1.29, 1.82) is 0 Å². The Balaban J connectivity index is 3.05. The van der Waals surface area contributed by atoms with Gasteiger partial charge in [-0.2, -0.15) is 0 Å². The van der Waals surface area contributed by atoms with Gasteiger partial charge >= 0.3 is 0 Å². The molecule has 0 N–H and O–H groups in total. The van der Waals surface area contributed by atoms with Crippen molar-refractivity contribution in [2.24, 2.45) is 0 Å². The van der Waals surface area contributed by atoms with Crippen molar-refractivity contribution in [3.8, 4) is 0 Å². The summed E-state index contributed by atoms with van der Waals surface area (Å²) in [4.78, 5) is 0.156. The van der Waals surface area contributed by atoms with Crippen LogP contribution < -0.4 is 0 Å². The van der Waals surface area contributed by atoms with Gasteiger partial charge in [-0.3, -0.25) is 0 Å². The van der Waals surface area contributed by atoms with Gasteiger partial charge in [0.1, 0.15) is 0 Å². The molecule has 0 aromatic heterocycles. The number of rotatable bonds is 2. The van der Waals surface area contributed by atoms with Gasteiger partial charge in [0.15, 0.2) is 0 Å². The number of hydrogen-bond acceptors (Lipinski definition) is 2. The molecule has 0 aliphatic heterocycles. The van der Waals surface area contributed by atoms with E-state index in [1.807, 2.05) is 31.2 Å². The second kappa shape index (κ2) is 4.15. The van der Waals surface area contributed by atoms with E-state index in [1.54, 1.807) is 6.08 Å². The molecule has 76 valence electrons. The molecule has 0 bridgehead atoms. The zero-order chi connectivity index (χ0) is 10.8. The largest absolute Gasteiger partial charge is 0.257 e. The van der Waals surface area contributed by atoms with Crippen molar-refractivity contribution < 1.29 is 8.42 Å². The average Bonchev–Trinajstić information content (AvgIpc) is 2.07. The number of hydrogen-bond donors (Lipinski definition) is 0. The van der Waals surface area contributed by atoms with Crippen molar-refractivity contribution in [1.82, 2.24) is 0 Å². The molecule has 0 saturated carbocycles. The van der Waals surface area contributed by atoms with Crippen LogP contribution in [0.3, 0.4) is 0 Å². The molecule has 0 atom stereocenters. The van der Waals surface area contributed by atoms with Crippen molar-refractivity contribution in [2.75, 3.05) is 0 Å². The van der Waals surface area contributed by atoms with E-state index in [0.29, 0.717) is 0 Å². The second-order valence-corrected chi connectivity index (χ2v) is 5.84. The van der Waals surface area contributed by atoms with Gasteiger partial charge < -0.3 is 0 Å². The lowest BCUT2D eigenvalue weighted by molar-refractivity contribution is 0.615. The summed E-state index contributed by atoms with van der Waals surface area (Å²) in [5.41, 5.74) is 1.96. The first kappa shape index (κ1) is 11.3. The highest BCUT2D eigenvalue weighted by molar-refractivity contribution is 8.16. The minimum Gasteiger partial charge on any atom is -0.207 e. The summed E-state index contributed by atoms with van der Waals surface area (Å²) in [6.45, 7) is 3.45. The quantitative estimate of drug-likeness (QED) is 0.733. The summed E-state index contributed by atoms with van der Waals surface area (Å²) in [6.07, 6.45) is 1.54. The van der Waals surface area contributed by atoms with Gasteiger partial charge in [0.25, 0.3) is 9.05 Å². The lowest BCUT2D eigenvalue weighted by Gasteiger charge is -1.97. The molecular formula is C10H11ClO2S. The third kappa shape index (κ3) is 3.16. The molecule has 4 heteroatoms. The molecule has 0 saturated heterocycles. The van der Waals surface area contributed by atoms with Gasteiger partial charge in [-0.1, -0.05) is 29.8 Å². The van der Waals surface area contributed by atoms with Gasteiger partial charge in [-0.15, -0.1) is 0 Å². The normalized spacial score (nSPS) is 12.9. The Kier molecular flexibility index (Phi) is 3.34. The first-order valence-corrected chi connectivity index (χ1v) is 6.40. The van der Waals surface area contributed by atoms with E-state index in [9.17, 15) is 8.42 Å². The SMILES string of the molecule is C/C(=C\c1ccc(C)cc1)S(=O)(=O)Cl. The van der Waals surface area contributed by atoms with Crippen molar-refractivity contribution in [3.63, 3.8) is 0 Å². The molecular weight excluding hydrogens is 220 g/mol. The van der Waals surface area contributed by atoms with Crippen molar-refractivity contribution in [3.05, 3.63) is 40.3 Å². The molecule has 1 aromatic rings. The number of halogens is 1. The van der Waals surface area contributed by atoms with Crippen LogP contribution in [0.1, 0.15) is 18.1 Å². The van der Waals surface area contributed by atoms with E-state index in [1.165, 1.54) is 6.92 Å². The molecule has 0 radical (unpaired) electrons. The standard InChI is InChI=1S/C10H11ClO2S/c1-8-3-5-10(6-4-8)7-9(2)14(11,12)13/h3-7H,1-2H3/b9-7+. The molecule has 0 heterocycles. The Bertz CT molecular complexity index is 444. The Labute approximate surface area is 88.6 Å². The van der Waals surface area contributed by atoms with Gasteiger partial charge in [0.05, 0.1) is 4.91 Å². The predicted octanol–water partition coefficient (Wildman–Crippen LogP) is 2.92. The summed E-state index contributed by atoms with van der Waals surface area (Å²) in [7, 11) is 1.59. The number of allylic oxidation sites excluding steroid dienone is 1. The molecule has 0 amide bonds. The summed E-state index contributed by atoms with van der Waals surface area (Å²) in [6, 6.07) is 7.53. The molecule has 0 aliphatic carbocycles. The van der Waals surface area contributed by atoms with Gasteiger partial charge in [0, 0.05) is 10.7 Å². The minimum absolute atomic E-state index is 0.156. The van der Waals surface area contributed by atoms with Gasteiger partial charge in [0.2, 0.25) is 0 Å². The monoisotopic (exact) mass is 230 g/mol. The van der Waals surface area contributed by atoms with Crippen LogP contribution in [0.5, 0.6) is 0 Å². The van der Waals surface area contributed by atoms with Gasteiger partial charge in [-0.05, 0) is 25.5 Å². The molecule has 1 aromatic carbocycles. The first-order chi connectivity index (χ1) is 6.39. The van der Waals surface area contributed by atoms with E-state index in [2.05, 4.69) is 0 Å². The molecule has 2 nitrogen and oxygen atoms in total. The predicted molar refractivity (Wildman–Crippen MR) is 59.6 cm³/mol. The Morgan fingerprint density at radius 1 is 1.29 bits per heavy atom. The third-order valence-corrected chi connectivity index (χ3v) is 3.45. The summed E-state index contributed by atoms with van der Waals surface area (Å²) in [5, 5.41) is 0. The fourth-order valence-corrected chi connectivity index (χ4v) is 1.38.